The zero-order valence-corrected chi connectivity index (χ0v) is 12.5. The fourth-order valence-electron chi connectivity index (χ4n) is 2.02. The second-order valence-electron chi connectivity index (χ2n) is 5.06. The minimum absolute atomic E-state index is 0.444. The summed E-state index contributed by atoms with van der Waals surface area (Å²) in [5, 5.41) is 3.57. The SMILES string of the molecule is CC(CCc1ccccc1)NC(C)CCS(C)=O. The van der Waals surface area contributed by atoms with Crippen LogP contribution in [0.4, 0.5) is 0 Å². The lowest BCUT2D eigenvalue weighted by molar-refractivity contribution is 0.439. The lowest BCUT2D eigenvalue weighted by Gasteiger charge is -2.19. The fourth-order valence-corrected chi connectivity index (χ4v) is 2.71. The summed E-state index contributed by atoms with van der Waals surface area (Å²) in [5.74, 6) is 0.791. The molecule has 3 heteroatoms. The molecule has 1 rings (SSSR count). The average molecular weight is 267 g/mol. The Labute approximate surface area is 114 Å². The van der Waals surface area contributed by atoms with Crippen molar-refractivity contribution in [1.82, 2.24) is 5.32 Å². The molecule has 0 radical (unpaired) electrons. The van der Waals surface area contributed by atoms with Crippen molar-refractivity contribution in [3.05, 3.63) is 35.9 Å². The normalized spacial score (nSPS) is 16.2. The number of aryl methyl sites for hydroxylation is 1. The summed E-state index contributed by atoms with van der Waals surface area (Å²) in [5.41, 5.74) is 1.40. The Morgan fingerprint density at radius 3 is 2.33 bits per heavy atom. The summed E-state index contributed by atoms with van der Waals surface area (Å²) >= 11 is 0. The third kappa shape index (κ3) is 6.92. The second-order valence-corrected chi connectivity index (χ2v) is 6.61. The van der Waals surface area contributed by atoms with E-state index in [0.29, 0.717) is 12.1 Å². The van der Waals surface area contributed by atoms with Crippen molar-refractivity contribution in [2.45, 2.75) is 45.2 Å². The number of rotatable bonds is 8. The van der Waals surface area contributed by atoms with Gasteiger partial charge < -0.3 is 5.32 Å². The Hall–Kier alpha value is -0.670. The maximum absolute atomic E-state index is 11.0. The topological polar surface area (TPSA) is 29.1 Å². The highest BCUT2D eigenvalue weighted by molar-refractivity contribution is 7.84. The van der Waals surface area contributed by atoms with Crippen molar-refractivity contribution in [3.63, 3.8) is 0 Å². The van der Waals surface area contributed by atoms with Crippen molar-refractivity contribution in [3.8, 4) is 0 Å². The molecule has 0 aliphatic rings. The first-order chi connectivity index (χ1) is 8.58. The van der Waals surface area contributed by atoms with E-state index in [0.717, 1.165) is 25.0 Å². The zero-order chi connectivity index (χ0) is 13.4. The van der Waals surface area contributed by atoms with Gasteiger partial charge in [-0.2, -0.15) is 0 Å². The van der Waals surface area contributed by atoms with Crippen LogP contribution in [0.25, 0.3) is 0 Å². The minimum Gasteiger partial charge on any atom is -0.312 e. The lowest BCUT2D eigenvalue weighted by atomic mass is 10.1. The van der Waals surface area contributed by atoms with E-state index in [1.165, 1.54) is 5.56 Å². The molecular formula is C15H25NOS. The van der Waals surface area contributed by atoms with Crippen molar-refractivity contribution < 1.29 is 4.21 Å². The minimum atomic E-state index is -0.674. The zero-order valence-electron chi connectivity index (χ0n) is 11.7. The van der Waals surface area contributed by atoms with Crippen molar-refractivity contribution in [2.75, 3.05) is 12.0 Å². The number of hydrogen-bond acceptors (Lipinski definition) is 2. The van der Waals surface area contributed by atoms with Gasteiger partial charge in [0.15, 0.2) is 0 Å². The third-order valence-electron chi connectivity index (χ3n) is 3.12. The Bertz CT molecular complexity index is 353. The summed E-state index contributed by atoms with van der Waals surface area (Å²) in [6.07, 6.45) is 5.01. The van der Waals surface area contributed by atoms with Gasteiger partial charge >= 0.3 is 0 Å². The Morgan fingerprint density at radius 2 is 1.72 bits per heavy atom. The number of nitrogens with one attached hydrogen (secondary N) is 1. The van der Waals surface area contributed by atoms with Crippen LogP contribution in [0.15, 0.2) is 30.3 Å². The van der Waals surface area contributed by atoms with Gasteiger partial charge in [-0.05, 0) is 38.7 Å². The molecule has 0 aliphatic carbocycles. The van der Waals surface area contributed by atoms with Gasteiger partial charge in [-0.15, -0.1) is 0 Å². The molecule has 0 bridgehead atoms. The van der Waals surface area contributed by atoms with Crippen LogP contribution in [0, 0.1) is 0 Å². The molecule has 3 unspecified atom stereocenters. The van der Waals surface area contributed by atoms with E-state index in [1.807, 2.05) is 0 Å². The maximum Gasteiger partial charge on any atom is 0.0246 e. The highest BCUT2D eigenvalue weighted by atomic mass is 32.2. The van der Waals surface area contributed by atoms with Crippen LogP contribution in [0.5, 0.6) is 0 Å². The summed E-state index contributed by atoms with van der Waals surface area (Å²) in [4.78, 5) is 0. The molecule has 0 amide bonds. The van der Waals surface area contributed by atoms with Gasteiger partial charge in [0.25, 0.3) is 0 Å². The largest absolute Gasteiger partial charge is 0.312 e. The Balaban J connectivity index is 2.20. The van der Waals surface area contributed by atoms with Gasteiger partial charge in [0.2, 0.25) is 0 Å². The first kappa shape index (κ1) is 15.4. The van der Waals surface area contributed by atoms with E-state index in [-0.39, 0.29) is 0 Å². The quantitative estimate of drug-likeness (QED) is 0.784. The molecule has 0 saturated carbocycles. The van der Waals surface area contributed by atoms with E-state index >= 15 is 0 Å². The predicted molar refractivity (Wildman–Crippen MR) is 80.4 cm³/mol. The van der Waals surface area contributed by atoms with Crippen molar-refractivity contribution >= 4 is 10.8 Å². The standard InChI is InChI=1S/C15H25NOS/c1-13(16-14(2)11-12-18(3)17)9-10-15-7-5-4-6-8-15/h4-8,13-14,16H,9-12H2,1-3H3. The summed E-state index contributed by atoms with van der Waals surface area (Å²) < 4.78 is 11.0. The monoisotopic (exact) mass is 267 g/mol. The van der Waals surface area contributed by atoms with Crippen LogP contribution in [0.1, 0.15) is 32.3 Å². The highest BCUT2D eigenvalue weighted by Crippen LogP contribution is 2.06. The van der Waals surface area contributed by atoms with Crippen LogP contribution in [-0.4, -0.2) is 28.3 Å². The third-order valence-corrected chi connectivity index (χ3v) is 3.93. The summed E-state index contributed by atoms with van der Waals surface area (Å²) in [7, 11) is -0.674. The molecule has 0 heterocycles. The van der Waals surface area contributed by atoms with E-state index in [1.54, 1.807) is 6.26 Å². The van der Waals surface area contributed by atoms with Crippen LogP contribution in [-0.2, 0) is 17.2 Å². The molecule has 2 nitrogen and oxygen atoms in total. The summed E-state index contributed by atoms with van der Waals surface area (Å²) in [6.45, 7) is 4.40. The molecule has 102 valence electrons. The lowest BCUT2D eigenvalue weighted by Crippen LogP contribution is -2.35. The highest BCUT2D eigenvalue weighted by Gasteiger charge is 2.08. The van der Waals surface area contributed by atoms with E-state index < -0.39 is 10.8 Å². The van der Waals surface area contributed by atoms with Gasteiger partial charge in [-0.25, -0.2) is 0 Å². The first-order valence-corrected chi connectivity index (χ1v) is 8.40. The van der Waals surface area contributed by atoms with Crippen LogP contribution < -0.4 is 5.32 Å². The number of benzene rings is 1. The molecule has 1 N–H and O–H groups in total. The predicted octanol–water partition coefficient (Wildman–Crippen LogP) is 2.75. The maximum atomic E-state index is 11.0. The Morgan fingerprint density at radius 1 is 1.11 bits per heavy atom. The van der Waals surface area contributed by atoms with E-state index in [9.17, 15) is 4.21 Å². The van der Waals surface area contributed by atoms with E-state index in [2.05, 4.69) is 49.5 Å². The molecule has 0 fully saturated rings. The number of hydrogen-bond donors (Lipinski definition) is 1. The smallest absolute Gasteiger partial charge is 0.0246 e. The van der Waals surface area contributed by atoms with Gasteiger partial charge in [0.1, 0.15) is 0 Å². The van der Waals surface area contributed by atoms with Gasteiger partial charge in [0.05, 0.1) is 0 Å². The fraction of sp³-hybridized carbons (Fsp3) is 0.600. The molecule has 18 heavy (non-hydrogen) atoms. The second kappa shape index (κ2) is 8.44. The molecular weight excluding hydrogens is 242 g/mol. The van der Waals surface area contributed by atoms with Crippen LogP contribution in [0.2, 0.25) is 0 Å². The van der Waals surface area contributed by atoms with Crippen LogP contribution >= 0.6 is 0 Å². The molecule has 0 aromatic heterocycles. The molecule has 1 aromatic rings. The molecule has 0 aliphatic heterocycles. The molecule has 3 atom stereocenters. The summed E-state index contributed by atoms with van der Waals surface area (Å²) in [6, 6.07) is 11.5. The van der Waals surface area contributed by atoms with Crippen molar-refractivity contribution in [2.24, 2.45) is 0 Å². The Kier molecular flexibility index (Phi) is 7.21. The van der Waals surface area contributed by atoms with Gasteiger partial charge in [-0.1, -0.05) is 30.3 Å². The van der Waals surface area contributed by atoms with Crippen molar-refractivity contribution in [1.29, 1.82) is 0 Å². The molecule has 0 saturated heterocycles. The van der Waals surface area contributed by atoms with Gasteiger partial charge in [-0.3, -0.25) is 4.21 Å². The first-order valence-electron chi connectivity index (χ1n) is 6.68. The molecule has 1 aromatic carbocycles. The molecule has 0 spiro atoms. The van der Waals surface area contributed by atoms with Crippen LogP contribution in [0.3, 0.4) is 0 Å². The van der Waals surface area contributed by atoms with E-state index in [4.69, 9.17) is 0 Å². The van der Waals surface area contributed by atoms with Gasteiger partial charge in [0, 0.05) is 34.9 Å². The average Bonchev–Trinajstić information content (AvgIpc) is 2.35.